The quantitative estimate of drug-likeness (QED) is 0.695. The van der Waals surface area contributed by atoms with E-state index in [1.54, 1.807) is 12.4 Å². The fraction of sp³-hybridized carbons (Fsp3) is 0.409. The molecule has 1 unspecified atom stereocenters. The number of anilines is 1. The topological polar surface area (TPSA) is 70.3 Å². The van der Waals surface area contributed by atoms with Gasteiger partial charge >= 0.3 is 0 Å². The molecule has 3 aromatic rings. The minimum Gasteiger partial charge on any atom is -0.392 e. The van der Waals surface area contributed by atoms with Crippen LogP contribution in [0.4, 0.5) is 5.82 Å². The van der Waals surface area contributed by atoms with E-state index in [4.69, 9.17) is 0 Å². The number of aryl methyl sites for hydroxylation is 1. The number of rotatable bonds is 6. The van der Waals surface area contributed by atoms with Crippen LogP contribution in [0.3, 0.4) is 0 Å². The summed E-state index contributed by atoms with van der Waals surface area (Å²) in [7, 11) is 0. The second-order valence-electron chi connectivity index (χ2n) is 7.47. The smallest absolute Gasteiger partial charge is 0.147 e. The Bertz CT molecular complexity index is 924. The maximum absolute atomic E-state index is 9.39. The average molecular weight is 393 g/mol. The molecule has 1 fully saturated rings. The number of hydrogen-bond donors (Lipinski definition) is 1. The number of aliphatic hydroxyl groups is 1. The Labute approximate surface area is 171 Å². The lowest BCUT2D eigenvalue weighted by Crippen LogP contribution is -2.48. The zero-order chi connectivity index (χ0) is 20.2. The van der Waals surface area contributed by atoms with Gasteiger partial charge in [-0.15, -0.1) is 0 Å². The fourth-order valence-electron chi connectivity index (χ4n) is 4.01. The molecule has 0 bridgehead atoms. The zero-order valence-corrected chi connectivity index (χ0v) is 17.1. The van der Waals surface area contributed by atoms with Gasteiger partial charge in [-0.25, -0.2) is 4.98 Å². The van der Waals surface area contributed by atoms with Crippen LogP contribution in [0.15, 0.2) is 49.1 Å². The molecule has 0 aliphatic carbocycles. The number of nitrogens with zero attached hydrogens (tertiary/aromatic N) is 6. The molecule has 1 aromatic carbocycles. The van der Waals surface area contributed by atoms with E-state index in [0.717, 1.165) is 44.1 Å². The molecule has 3 heterocycles. The van der Waals surface area contributed by atoms with E-state index in [0.29, 0.717) is 0 Å². The van der Waals surface area contributed by atoms with Gasteiger partial charge in [0.05, 0.1) is 25.0 Å². The molecule has 1 atom stereocenters. The van der Waals surface area contributed by atoms with Crippen molar-refractivity contribution in [1.29, 1.82) is 0 Å². The van der Waals surface area contributed by atoms with Gasteiger partial charge in [-0.1, -0.05) is 24.3 Å². The molecule has 2 aromatic heterocycles. The lowest BCUT2D eigenvalue weighted by molar-refractivity contribution is 0.168. The Morgan fingerprint density at radius 2 is 1.93 bits per heavy atom. The van der Waals surface area contributed by atoms with Gasteiger partial charge in [0.25, 0.3) is 0 Å². The second-order valence-corrected chi connectivity index (χ2v) is 7.47. The molecule has 29 heavy (non-hydrogen) atoms. The van der Waals surface area contributed by atoms with E-state index < -0.39 is 0 Å². The first-order chi connectivity index (χ1) is 14.2. The average Bonchev–Trinajstić information content (AvgIpc) is 3.14. The molecular weight excluding hydrogens is 364 g/mol. The molecule has 1 aliphatic heterocycles. The first-order valence-electron chi connectivity index (χ1n) is 10.2. The molecule has 0 radical (unpaired) electrons. The molecule has 152 valence electrons. The molecule has 4 rings (SSSR count). The summed E-state index contributed by atoms with van der Waals surface area (Å²) in [5.41, 5.74) is 4.69. The van der Waals surface area contributed by atoms with Crippen molar-refractivity contribution < 1.29 is 5.11 Å². The third kappa shape index (κ3) is 4.16. The summed E-state index contributed by atoms with van der Waals surface area (Å²) in [6.45, 7) is 8.77. The molecule has 0 saturated carbocycles. The van der Waals surface area contributed by atoms with Crippen LogP contribution in [0.5, 0.6) is 0 Å². The Morgan fingerprint density at radius 1 is 1.10 bits per heavy atom. The molecule has 7 heteroatoms. The SMILES string of the molecule is CCn1ncc(CN2CCN(c3cnccn3)CC2c2ccc(CO)cc2)c1C. The van der Waals surface area contributed by atoms with Crippen LogP contribution < -0.4 is 4.90 Å². The molecule has 7 nitrogen and oxygen atoms in total. The van der Waals surface area contributed by atoms with Crippen LogP contribution in [0.25, 0.3) is 0 Å². The Kier molecular flexibility index (Phi) is 5.87. The molecule has 0 spiro atoms. The summed E-state index contributed by atoms with van der Waals surface area (Å²) in [4.78, 5) is 13.5. The lowest BCUT2D eigenvalue weighted by atomic mass is 10.00. The highest BCUT2D eigenvalue weighted by Gasteiger charge is 2.29. The van der Waals surface area contributed by atoms with Gasteiger partial charge in [0.15, 0.2) is 0 Å². The fourth-order valence-corrected chi connectivity index (χ4v) is 4.01. The van der Waals surface area contributed by atoms with E-state index in [-0.39, 0.29) is 12.6 Å². The van der Waals surface area contributed by atoms with Crippen LogP contribution in [0.2, 0.25) is 0 Å². The van der Waals surface area contributed by atoms with Gasteiger partial charge in [-0.3, -0.25) is 14.6 Å². The Balaban J connectivity index is 1.61. The van der Waals surface area contributed by atoms with Crippen molar-refractivity contribution >= 4 is 5.82 Å². The van der Waals surface area contributed by atoms with Gasteiger partial charge in [-0.2, -0.15) is 5.10 Å². The maximum Gasteiger partial charge on any atom is 0.147 e. The highest BCUT2D eigenvalue weighted by Crippen LogP contribution is 2.29. The normalized spacial score (nSPS) is 17.6. The first kappa shape index (κ1) is 19.5. The minimum atomic E-state index is 0.0653. The standard InChI is InChI=1S/C22H28N6O/c1-3-28-17(2)20(12-25-28)14-26-10-11-27(22-13-23-8-9-24-22)15-21(26)19-6-4-18(16-29)5-7-19/h4-9,12-13,21,29H,3,10-11,14-16H2,1-2H3. The van der Waals surface area contributed by atoms with Crippen molar-refractivity contribution in [3.05, 3.63) is 71.4 Å². The summed E-state index contributed by atoms with van der Waals surface area (Å²) in [5.74, 6) is 0.916. The van der Waals surface area contributed by atoms with E-state index in [9.17, 15) is 5.11 Å². The van der Waals surface area contributed by atoms with Gasteiger partial charge < -0.3 is 10.0 Å². The molecular formula is C22H28N6O. The van der Waals surface area contributed by atoms with E-state index in [2.05, 4.69) is 55.5 Å². The summed E-state index contributed by atoms with van der Waals surface area (Å²) < 4.78 is 2.05. The highest BCUT2D eigenvalue weighted by atomic mass is 16.3. The number of aromatic nitrogens is 4. The number of aliphatic hydroxyl groups excluding tert-OH is 1. The monoisotopic (exact) mass is 392 g/mol. The molecule has 1 aliphatic rings. The summed E-state index contributed by atoms with van der Waals surface area (Å²) in [6.07, 6.45) is 7.28. The van der Waals surface area contributed by atoms with E-state index in [1.165, 1.54) is 16.8 Å². The van der Waals surface area contributed by atoms with Crippen LogP contribution >= 0.6 is 0 Å². The first-order valence-corrected chi connectivity index (χ1v) is 10.2. The molecule has 0 amide bonds. The molecule has 1 N–H and O–H groups in total. The van der Waals surface area contributed by atoms with Crippen molar-refractivity contribution in [2.24, 2.45) is 0 Å². The van der Waals surface area contributed by atoms with Crippen LogP contribution in [0.1, 0.15) is 35.3 Å². The summed E-state index contributed by atoms with van der Waals surface area (Å²) in [6, 6.07) is 8.50. The number of benzene rings is 1. The summed E-state index contributed by atoms with van der Waals surface area (Å²) in [5, 5.41) is 13.9. The third-order valence-electron chi connectivity index (χ3n) is 5.79. The predicted octanol–water partition coefficient (Wildman–Crippen LogP) is 2.56. The van der Waals surface area contributed by atoms with E-state index >= 15 is 0 Å². The van der Waals surface area contributed by atoms with Gasteiger partial charge in [-0.05, 0) is 25.0 Å². The van der Waals surface area contributed by atoms with E-state index in [1.807, 2.05) is 24.5 Å². The third-order valence-corrected chi connectivity index (χ3v) is 5.79. The number of piperazine rings is 1. The van der Waals surface area contributed by atoms with Crippen LogP contribution in [-0.2, 0) is 19.7 Å². The van der Waals surface area contributed by atoms with Gasteiger partial charge in [0.1, 0.15) is 5.82 Å². The van der Waals surface area contributed by atoms with Crippen LogP contribution in [-0.4, -0.2) is 49.4 Å². The minimum absolute atomic E-state index is 0.0653. The Morgan fingerprint density at radius 3 is 2.59 bits per heavy atom. The molecule has 1 saturated heterocycles. The number of hydrogen-bond acceptors (Lipinski definition) is 6. The van der Waals surface area contributed by atoms with Crippen molar-refractivity contribution in [3.8, 4) is 0 Å². The van der Waals surface area contributed by atoms with Crippen molar-refractivity contribution in [2.75, 3.05) is 24.5 Å². The zero-order valence-electron chi connectivity index (χ0n) is 17.1. The predicted molar refractivity (Wildman–Crippen MR) is 112 cm³/mol. The van der Waals surface area contributed by atoms with Gasteiger partial charge in [0.2, 0.25) is 0 Å². The van der Waals surface area contributed by atoms with Crippen LogP contribution in [0, 0.1) is 6.92 Å². The van der Waals surface area contributed by atoms with Crippen molar-refractivity contribution in [3.63, 3.8) is 0 Å². The van der Waals surface area contributed by atoms with Gasteiger partial charge in [0, 0.05) is 56.4 Å². The lowest BCUT2D eigenvalue weighted by Gasteiger charge is -2.42. The largest absolute Gasteiger partial charge is 0.392 e. The van der Waals surface area contributed by atoms with Crippen molar-refractivity contribution in [2.45, 2.75) is 39.6 Å². The van der Waals surface area contributed by atoms with Crippen molar-refractivity contribution in [1.82, 2.24) is 24.6 Å². The maximum atomic E-state index is 9.39. The second kappa shape index (κ2) is 8.71. The highest BCUT2D eigenvalue weighted by molar-refractivity contribution is 5.38. The Hall–Kier alpha value is -2.77. The summed E-state index contributed by atoms with van der Waals surface area (Å²) >= 11 is 0.